The van der Waals surface area contributed by atoms with Gasteiger partial charge in [-0.2, -0.15) is 0 Å². The van der Waals surface area contributed by atoms with Gasteiger partial charge in [-0.05, 0) is 17.5 Å². The number of rotatable bonds is 8. The van der Waals surface area contributed by atoms with Gasteiger partial charge in [-0.3, -0.25) is 9.59 Å². The summed E-state index contributed by atoms with van der Waals surface area (Å²) in [6.45, 7) is 2.03. The van der Waals surface area contributed by atoms with Gasteiger partial charge in [-0.1, -0.05) is 79.7 Å². The predicted molar refractivity (Wildman–Crippen MR) is 131 cm³/mol. The minimum atomic E-state index is -0.200. The lowest BCUT2D eigenvalue weighted by atomic mass is 10.0. The number of hydrogen-bond donors (Lipinski definition) is 2. The number of hydrogen-bond acceptors (Lipinski definition) is 6. The molecule has 2 N–H and O–H groups in total. The Hall–Kier alpha value is -3.23. The summed E-state index contributed by atoms with van der Waals surface area (Å²) in [7, 11) is 0. The van der Waals surface area contributed by atoms with E-state index in [4.69, 9.17) is 0 Å². The number of amides is 1. The van der Waals surface area contributed by atoms with Crippen molar-refractivity contribution in [2.24, 2.45) is 0 Å². The zero-order valence-electron chi connectivity index (χ0n) is 17.5. The SMILES string of the molecule is CCCc1cc(=O)[nH]c(SCC(=O)Nc2nc(-c3ccc(-c4ccccc4)cc3)cs2)n1. The molecule has 0 atom stereocenters. The highest BCUT2D eigenvalue weighted by molar-refractivity contribution is 7.99. The smallest absolute Gasteiger partial charge is 0.251 e. The van der Waals surface area contributed by atoms with Crippen LogP contribution < -0.4 is 10.9 Å². The molecule has 0 unspecified atom stereocenters. The van der Waals surface area contributed by atoms with Crippen LogP contribution in [-0.4, -0.2) is 26.6 Å². The summed E-state index contributed by atoms with van der Waals surface area (Å²) in [5.41, 5.74) is 4.65. The van der Waals surface area contributed by atoms with Crippen molar-refractivity contribution in [1.82, 2.24) is 15.0 Å². The van der Waals surface area contributed by atoms with E-state index in [0.29, 0.717) is 10.3 Å². The number of thioether (sulfide) groups is 1. The summed E-state index contributed by atoms with van der Waals surface area (Å²) in [4.78, 5) is 35.7. The maximum atomic E-state index is 12.3. The number of benzene rings is 2. The number of aromatic nitrogens is 3. The summed E-state index contributed by atoms with van der Waals surface area (Å²) in [6, 6.07) is 19.9. The maximum Gasteiger partial charge on any atom is 0.251 e. The van der Waals surface area contributed by atoms with Gasteiger partial charge in [0.1, 0.15) is 0 Å². The fourth-order valence-electron chi connectivity index (χ4n) is 3.15. The third kappa shape index (κ3) is 5.72. The summed E-state index contributed by atoms with van der Waals surface area (Å²) in [6.07, 6.45) is 1.64. The second kappa shape index (κ2) is 10.4. The van der Waals surface area contributed by atoms with Crippen LogP contribution in [0.4, 0.5) is 5.13 Å². The Kier molecular flexibility index (Phi) is 7.14. The van der Waals surface area contributed by atoms with Crippen molar-refractivity contribution in [2.45, 2.75) is 24.9 Å². The van der Waals surface area contributed by atoms with Crippen molar-refractivity contribution in [3.63, 3.8) is 0 Å². The Morgan fingerprint density at radius 1 is 1.03 bits per heavy atom. The van der Waals surface area contributed by atoms with Crippen molar-refractivity contribution in [2.75, 3.05) is 11.1 Å². The van der Waals surface area contributed by atoms with E-state index >= 15 is 0 Å². The Morgan fingerprint density at radius 3 is 2.50 bits per heavy atom. The molecule has 2 aromatic carbocycles. The average molecular weight is 463 g/mol. The highest BCUT2D eigenvalue weighted by Gasteiger charge is 2.10. The molecule has 0 aliphatic carbocycles. The van der Waals surface area contributed by atoms with Gasteiger partial charge in [-0.25, -0.2) is 9.97 Å². The molecule has 4 rings (SSSR count). The minimum absolute atomic E-state index is 0.138. The molecule has 6 nitrogen and oxygen atoms in total. The predicted octanol–water partition coefficient (Wildman–Crippen LogP) is 5.24. The van der Waals surface area contributed by atoms with Gasteiger partial charge in [0.2, 0.25) is 5.91 Å². The van der Waals surface area contributed by atoms with Gasteiger partial charge in [0.05, 0.1) is 11.4 Å². The highest BCUT2D eigenvalue weighted by Crippen LogP contribution is 2.27. The normalized spacial score (nSPS) is 10.8. The van der Waals surface area contributed by atoms with Crippen molar-refractivity contribution >= 4 is 34.1 Å². The van der Waals surface area contributed by atoms with Crippen LogP contribution in [0, 0.1) is 0 Å². The lowest BCUT2D eigenvalue weighted by molar-refractivity contribution is -0.113. The van der Waals surface area contributed by atoms with Crippen LogP contribution in [-0.2, 0) is 11.2 Å². The zero-order valence-corrected chi connectivity index (χ0v) is 19.1. The van der Waals surface area contributed by atoms with Crippen LogP contribution >= 0.6 is 23.1 Å². The lowest BCUT2D eigenvalue weighted by Crippen LogP contribution is -2.15. The van der Waals surface area contributed by atoms with E-state index in [1.54, 1.807) is 0 Å². The second-order valence-electron chi connectivity index (χ2n) is 7.11. The number of nitrogens with one attached hydrogen (secondary N) is 2. The molecule has 0 saturated carbocycles. The van der Waals surface area contributed by atoms with E-state index in [0.717, 1.165) is 35.4 Å². The Morgan fingerprint density at radius 2 is 1.75 bits per heavy atom. The molecule has 1 amide bonds. The first-order valence-corrected chi connectivity index (χ1v) is 12.1. The monoisotopic (exact) mass is 462 g/mol. The van der Waals surface area contributed by atoms with Crippen LogP contribution in [0.15, 0.2) is 76.0 Å². The molecule has 2 heterocycles. The van der Waals surface area contributed by atoms with Crippen LogP contribution in [0.1, 0.15) is 19.0 Å². The number of nitrogens with zero attached hydrogens (tertiary/aromatic N) is 2. The average Bonchev–Trinajstić information content (AvgIpc) is 3.27. The van der Waals surface area contributed by atoms with Gasteiger partial charge < -0.3 is 10.3 Å². The van der Waals surface area contributed by atoms with Crippen LogP contribution in [0.25, 0.3) is 22.4 Å². The number of anilines is 1. The Balaban J connectivity index is 1.36. The molecule has 32 heavy (non-hydrogen) atoms. The first kappa shape index (κ1) is 22.0. The number of thiazole rings is 1. The molecule has 0 radical (unpaired) electrons. The first-order valence-electron chi connectivity index (χ1n) is 10.2. The molecule has 0 spiro atoms. The molecule has 162 valence electrons. The molecule has 0 saturated heterocycles. The third-order valence-electron chi connectivity index (χ3n) is 4.66. The molecule has 0 aliphatic heterocycles. The van der Waals surface area contributed by atoms with Crippen molar-refractivity contribution in [3.05, 3.63) is 82.1 Å². The van der Waals surface area contributed by atoms with Gasteiger partial charge in [0, 0.05) is 22.7 Å². The minimum Gasteiger partial charge on any atom is -0.301 e. The summed E-state index contributed by atoms with van der Waals surface area (Å²) < 4.78 is 0. The molecular weight excluding hydrogens is 440 g/mol. The Labute approximate surface area is 194 Å². The van der Waals surface area contributed by atoms with E-state index in [1.807, 2.05) is 42.6 Å². The molecule has 4 aromatic rings. The second-order valence-corrected chi connectivity index (χ2v) is 8.93. The van der Waals surface area contributed by atoms with E-state index in [-0.39, 0.29) is 17.2 Å². The van der Waals surface area contributed by atoms with Crippen molar-refractivity contribution < 1.29 is 4.79 Å². The quantitative estimate of drug-likeness (QED) is 0.276. The molecule has 2 aromatic heterocycles. The summed E-state index contributed by atoms with van der Waals surface area (Å²) >= 11 is 2.58. The molecule has 0 aliphatic rings. The largest absolute Gasteiger partial charge is 0.301 e. The molecule has 8 heteroatoms. The Bertz CT molecular complexity index is 1250. The molecule has 0 fully saturated rings. The van der Waals surface area contributed by atoms with Crippen LogP contribution in [0.3, 0.4) is 0 Å². The van der Waals surface area contributed by atoms with Crippen molar-refractivity contribution in [1.29, 1.82) is 0 Å². The van der Waals surface area contributed by atoms with Crippen LogP contribution in [0.2, 0.25) is 0 Å². The third-order valence-corrected chi connectivity index (χ3v) is 6.29. The fourth-order valence-corrected chi connectivity index (χ4v) is 4.58. The van der Waals surface area contributed by atoms with Crippen molar-refractivity contribution in [3.8, 4) is 22.4 Å². The zero-order chi connectivity index (χ0) is 22.3. The van der Waals surface area contributed by atoms with Gasteiger partial charge in [0.25, 0.3) is 5.56 Å². The number of carbonyl (C=O) groups excluding carboxylic acids is 1. The fraction of sp³-hybridized carbons (Fsp3) is 0.167. The van der Waals surface area contributed by atoms with Gasteiger partial charge in [0.15, 0.2) is 10.3 Å². The summed E-state index contributed by atoms with van der Waals surface area (Å²) in [5, 5.41) is 5.74. The number of aromatic amines is 1. The lowest BCUT2D eigenvalue weighted by Gasteiger charge is -2.04. The van der Waals surface area contributed by atoms with E-state index in [1.165, 1.54) is 34.7 Å². The van der Waals surface area contributed by atoms with Gasteiger partial charge >= 0.3 is 0 Å². The molecule has 0 bridgehead atoms. The van der Waals surface area contributed by atoms with E-state index < -0.39 is 0 Å². The van der Waals surface area contributed by atoms with Crippen LogP contribution in [0.5, 0.6) is 0 Å². The van der Waals surface area contributed by atoms with E-state index in [9.17, 15) is 9.59 Å². The topological polar surface area (TPSA) is 87.7 Å². The van der Waals surface area contributed by atoms with E-state index in [2.05, 4.69) is 44.5 Å². The number of aryl methyl sites for hydroxylation is 1. The summed E-state index contributed by atoms with van der Waals surface area (Å²) in [5.74, 6) is -0.0574. The standard InChI is InChI=1S/C24H22N4O2S2/c1-2-6-19-13-21(29)27-23(25-19)32-15-22(30)28-24-26-20(14-31-24)18-11-9-17(10-12-18)16-7-4-3-5-8-16/h3-5,7-14H,2,6,15H2,1H3,(H,25,27,29)(H,26,28,30). The molecular formula is C24H22N4O2S2. The number of H-pyrrole nitrogens is 1. The highest BCUT2D eigenvalue weighted by atomic mass is 32.2. The maximum absolute atomic E-state index is 12.3. The first-order chi connectivity index (χ1) is 15.6. The number of carbonyl (C=O) groups is 1. The van der Waals surface area contributed by atoms with Gasteiger partial charge in [-0.15, -0.1) is 11.3 Å².